The van der Waals surface area contributed by atoms with Gasteiger partial charge < -0.3 is 10.1 Å². The minimum absolute atomic E-state index is 0.0654. The van der Waals surface area contributed by atoms with E-state index in [0.29, 0.717) is 11.8 Å². The van der Waals surface area contributed by atoms with Crippen LogP contribution in [-0.4, -0.2) is 25.2 Å². The van der Waals surface area contributed by atoms with Gasteiger partial charge in [0.2, 0.25) is 0 Å². The zero-order valence-electron chi connectivity index (χ0n) is 12.4. The number of rotatable bonds is 6. The molecule has 0 radical (unpaired) electrons. The van der Waals surface area contributed by atoms with E-state index in [1.165, 1.54) is 20.0 Å². The van der Waals surface area contributed by atoms with E-state index in [1.807, 2.05) is 0 Å². The van der Waals surface area contributed by atoms with Gasteiger partial charge in [-0.1, -0.05) is 33.6 Å². The van der Waals surface area contributed by atoms with Crippen molar-refractivity contribution in [2.75, 3.05) is 13.7 Å². The van der Waals surface area contributed by atoms with Gasteiger partial charge in [0.1, 0.15) is 5.54 Å². The Bertz CT molecular complexity index is 265. The third kappa shape index (κ3) is 3.98. The molecule has 1 saturated carbocycles. The third-order valence-corrected chi connectivity index (χ3v) is 3.95. The van der Waals surface area contributed by atoms with Gasteiger partial charge in [-0.05, 0) is 44.1 Å². The molecule has 0 spiro atoms. The van der Waals surface area contributed by atoms with Crippen molar-refractivity contribution in [3.05, 3.63) is 0 Å². The van der Waals surface area contributed by atoms with Gasteiger partial charge in [0.25, 0.3) is 0 Å². The lowest BCUT2D eigenvalue weighted by atomic mass is 9.73. The van der Waals surface area contributed by atoms with Crippen molar-refractivity contribution in [3.63, 3.8) is 0 Å². The molecule has 0 aromatic rings. The fourth-order valence-corrected chi connectivity index (χ4v) is 3.24. The van der Waals surface area contributed by atoms with E-state index in [-0.39, 0.29) is 5.97 Å². The second-order valence-corrected chi connectivity index (χ2v) is 6.09. The zero-order chi connectivity index (χ0) is 13.6. The quantitative estimate of drug-likeness (QED) is 0.741. The first-order valence-corrected chi connectivity index (χ1v) is 7.37. The first-order valence-electron chi connectivity index (χ1n) is 7.37. The highest BCUT2D eigenvalue weighted by Gasteiger charge is 2.43. The Labute approximate surface area is 112 Å². The molecular formula is C15H29NO2. The van der Waals surface area contributed by atoms with Crippen LogP contribution in [0.5, 0.6) is 0 Å². The molecule has 0 aliphatic heterocycles. The molecule has 1 fully saturated rings. The summed E-state index contributed by atoms with van der Waals surface area (Å²) in [6.07, 6.45) is 6.51. The topological polar surface area (TPSA) is 38.3 Å². The van der Waals surface area contributed by atoms with Crippen LogP contribution in [0.3, 0.4) is 0 Å². The van der Waals surface area contributed by atoms with Crippen molar-refractivity contribution in [1.29, 1.82) is 0 Å². The highest BCUT2D eigenvalue weighted by atomic mass is 16.5. The number of esters is 1. The van der Waals surface area contributed by atoms with Crippen LogP contribution in [-0.2, 0) is 9.53 Å². The number of hydrogen-bond acceptors (Lipinski definition) is 3. The summed E-state index contributed by atoms with van der Waals surface area (Å²) in [7, 11) is 1.50. The zero-order valence-corrected chi connectivity index (χ0v) is 12.4. The molecule has 2 atom stereocenters. The first kappa shape index (κ1) is 15.5. The molecule has 18 heavy (non-hydrogen) atoms. The summed E-state index contributed by atoms with van der Waals surface area (Å²) in [6.45, 7) is 7.54. The number of ether oxygens (including phenoxy) is 1. The van der Waals surface area contributed by atoms with Gasteiger partial charge in [-0.3, -0.25) is 4.79 Å². The van der Waals surface area contributed by atoms with Crippen molar-refractivity contribution in [2.45, 2.75) is 64.8 Å². The lowest BCUT2D eigenvalue weighted by Gasteiger charge is -2.40. The first-order chi connectivity index (χ1) is 8.54. The van der Waals surface area contributed by atoms with Gasteiger partial charge in [-0.25, -0.2) is 0 Å². The van der Waals surface area contributed by atoms with Gasteiger partial charge >= 0.3 is 5.97 Å². The third-order valence-electron chi connectivity index (χ3n) is 3.95. The summed E-state index contributed by atoms with van der Waals surface area (Å²) >= 11 is 0. The number of hydrogen-bond donors (Lipinski definition) is 1. The lowest BCUT2D eigenvalue weighted by molar-refractivity contribution is -0.151. The number of nitrogens with one attached hydrogen (secondary N) is 1. The molecule has 0 aromatic heterocycles. The van der Waals surface area contributed by atoms with Crippen molar-refractivity contribution in [2.24, 2.45) is 11.8 Å². The van der Waals surface area contributed by atoms with Crippen LogP contribution in [0.2, 0.25) is 0 Å². The van der Waals surface area contributed by atoms with Gasteiger partial charge in [0.05, 0.1) is 7.11 Å². The summed E-state index contributed by atoms with van der Waals surface area (Å²) in [5, 5.41) is 3.46. The van der Waals surface area contributed by atoms with E-state index >= 15 is 0 Å². The van der Waals surface area contributed by atoms with Crippen LogP contribution < -0.4 is 5.32 Å². The van der Waals surface area contributed by atoms with E-state index in [9.17, 15) is 4.79 Å². The van der Waals surface area contributed by atoms with Gasteiger partial charge in [-0.2, -0.15) is 0 Å². The fourth-order valence-electron chi connectivity index (χ4n) is 3.24. The maximum atomic E-state index is 12.1. The molecule has 0 saturated heterocycles. The van der Waals surface area contributed by atoms with Crippen molar-refractivity contribution in [1.82, 2.24) is 5.32 Å². The largest absolute Gasteiger partial charge is 0.468 e. The predicted molar refractivity (Wildman–Crippen MR) is 74.5 cm³/mol. The van der Waals surface area contributed by atoms with E-state index in [0.717, 1.165) is 32.2 Å². The minimum Gasteiger partial charge on any atom is -0.468 e. The molecule has 106 valence electrons. The fraction of sp³-hybridized carbons (Fsp3) is 0.933. The number of methoxy groups -OCH3 is 1. The minimum atomic E-state index is -0.414. The van der Waals surface area contributed by atoms with Crippen molar-refractivity contribution >= 4 is 5.97 Å². The Morgan fingerprint density at radius 1 is 1.50 bits per heavy atom. The van der Waals surface area contributed by atoms with Gasteiger partial charge in [-0.15, -0.1) is 0 Å². The predicted octanol–water partition coefficient (Wildman–Crippen LogP) is 3.13. The molecule has 0 aromatic carbocycles. The molecule has 3 nitrogen and oxygen atoms in total. The second kappa shape index (κ2) is 7.13. The van der Waals surface area contributed by atoms with E-state index < -0.39 is 5.54 Å². The molecule has 0 bridgehead atoms. The molecule has 1 rings (SSSR count). The molecule has 1 aliphatic carbocycles. The Morgan fingerprint density at radius 3 is 2.78 bits per heavy atom. The second-order valence-electron chi connectivity index (χ2n) is 6.09. The maximum absolute atomic E-state index is 12.1. The molecule has 1 N–H and O–H groups in total. The normalized spacial score (nSPS) is 28.4. The number of carbonyl (C=O) groups excluding carboxylic acids is 1. The Balaban J connectivity index is 2.72. The molecule has 2 unspecified atom stereocenters. The van der Waals surface area contributed by atoms with Crippen LogP contribution in [0, 0.1) is 11.8 Å². The van der Waals surface area contributed by atoms with Crippen LogP contribution in [0.4, 0.5) is 0 Å². The smallest absolute Gasteiger partial charge is 0.326 e. The van der Waals surface area contributed by atoms with Crippen LogP contribution >= 0.6 is 0 Å². The van der Waals surface area contributed by atoms with Crippen molar-refractivity contribution < 1.29 is 9.53 Å². The van der Waals surface area contributed by atoms with Crippen LogP contribution in [0.15, 0.2) is 0 Å². The van der Waals surface area contributed by atoms with E-state index in [4.69, 9.17) is 4.74 Å². The monoisotopic (exact) mass is 255 g/mol. The molecule has 0 heterocycles. The Hall–Kier alpha value is -0.570. The van der Waals surface area contributed by atoms with E-state index in [2.05, 4.69) is 26.1 Å². The number of carbonyl (C=O) groups is 1. The molecule has 0 amide bonds. The average molecular weight is 255 g/mol. The average Bonchev–Trinajstić information content (AvgIpc) is 2.35. The maximum Gasteiger partial charge on any atom is 0.326 e. The van der Waals surface area contributed by atoms with Crippen molar-refractivity contribution in [3.8, 4) is 0 Å². The molecule has 3 heteroatoms. The SMILES string of the molecule is CCCNC1(C(=O)OC)CCCC(CC(C)C)C1. The molecule has 1 aliphatic rings. The van der Waals surface area contributed by atoms with E-state index in [1.54, 1.807) is 0 Å². The summed E-state index contributed by atoms with van der Waals surface area (Å²) in [5.74, 6) is 1.29. The van der Waals surface area contributed by atoms with Gasteiger partial charge in [0.15, 0.2) is 0 Å². The summed E-state index contributed by atoms with van der Waals surface area (Å²) < 4.78 is 5.04. The molecular weight excluding hydrogens is 226 g/mol. The summed E-state index contributed by atoms with van der Waals surface area (Å²) in [6, 6.07) is 0. The Kier molecular flexibility index (Phi) is 6.13. The lowest BCUT2D eigenvalue weighted by Crippen LogP contribution is -2.55. The van der Waals surface area contributed by atoms with Crippen LogP contribution in [0.25, 0.3) is 0 Å². The summed E-state index contributed by atoms with van der Waals surface area (Å²) in [4.78, 5) is 12.1. The summed E-state index contributed by atoms with van der Waals surface area (Å²) in [5.41, 5.74) is -0.414. The standard InChI is InChI=1S/C15H29NO2/c1-5-9-16-15(14(17)18-4)8-6-7-13(11-15)10-12(2)3/h12-13,16H,5-11H2,1-4H3. The van der Waals surface area contributed by atoms with Gasteiger partial charge in [0, 0.05) is 0 Å². The Morgan fingerprint density at radius 2 is 2.22 bits per heavy atom. The highest BCUT2D eigenvalue weighted by molar-refractivity contribution is 5.81. The highest BCUT2D eigenvalue weighted by Crippen LogP contribution is 2.36. The van der Waals surface area contributed by atoms with Crippen LogP contribution in [0.1, 0.15) is 59.3 Å².